The summed E-state index contributed by atoms with van der Waals surface area (Å²) in [6.45, 7) is 1.25. The molecule has 0 saturated carbocycles. The first-order valence-electron chi connectivity index (χ1n) is 11.1. The van der Waals surface area contributed by atoms with Crippen LogP contribution >= 0.6 is 11.6 Å². The third kappa shape index (κ3) is 7.36. The van der Waals surface area contributed by atoms with E-state index in [9.17, 15) is 13.2 Å². The van der Waals surface area contributed by atoms with Gasteiger partial charge in [-0.3, -0.25) is 9.10 Å². The summed E-state index contributed by atoms with van der Waals surface area (Å²) in [5, 5.41) is 3.11. The van der Waals surface area contributed by atoms with Crippen LogP contribution in [0.3, 0.4) is 0 Å². The number of halogens is 1. The van der Waals surface area contributed by atoms with E-state index in [1.165, 1.54) is 30.7 Å². The molecule has 3 aromatic carbocycles. The molecule has 0 bridgehead atoms. The number of hydrogen-bond donors (Lipinski definition) is 1. The number of ether oxygens (including phenoxy) is 3. The van der Waals surface area contributed by atoms with E-state index in [0.29, 0.717) is 47.3 Å². The molecule has 0 aliphatic rings. The molecule has 1 N–H and O–H groups in total. The van der Waals surface area contributed by atoms with E-state index in [1.807, 2.05) is 30.3 Å². The fourth-order valence-corrected chi connectivity index (χ4v) is 4.57. The Labute approximate surface area is 216 Å². The average molecular weight is 533 g/mol. The Bertz CT molecular complexity index is 1270. The lowest BCUT2D eigenvalue weighted by atomic mass is 10.1. The van der Waals surface area contributed by atoms with E-state index in [2.05, 4.69) is 5.32 Å². The van der Waals surface area contributed by atoms with Crippen molar-refractivity contribution < 1.29 is 27.4 Å². The predicted octanol–water partition coefficient (Wildman–Crippen LogP) is 4.27. The van der Waals surface area contributed by atoms with Gasteiger partial charge in [0.1, 0.15) is 11.5 Å². The Morgan fingerprint density at radius 1 is 0.944 bits per heavy atom. The number of nitrogens with zero attached hydrogens (tertiary/aromatic N) is 1. The number of benzene rings is 3. The van der Waals surface area contributed by atoms with Crippen molar-refractivity contribution in [3.8, 4) is 11.5 Å². The zero-order valence-corrected chi connectivity index (χ0v) is 21.9. The Hall–Kier alpha value is -3.27. The van der Waals surface area contributed by atoms with Gasteiger partial charge in [-0.05, 0) is 23.3 Å². The van der Waals surface area contributed by atoms with Crippen LogP contribution in [0.1, 0.15) is 21.5 Å². The minimum Gasteiger partial charge on any atom is -0.495 e. The molecule has 0 aromatic heterocycles. The number of carbonyl (C=O) groups excluding carboxylic acids is 1. The average Bonchev–Trinajstić information content (AvgIpc) is 2.87. The van der Waals surface area contributed by atoms with Crippen molar-refractivity contribution in [1.82, 2.24) is 5.32 Å². The minimum absolute atomic E-state index is 0.0230. The molecule has 0 atom stereocenters. The fourth-order valence-electron chi connectivity index (χ4n) is 3.45. The molecule has 10 heteroatoms. The maximum absolute atomic E-state index is 12.6. The molecule has 0 aliphatic heterocycles. The number of amides is 1. The summed E-state index contributed by atoms with van der Waals surface area (Å²) < 4.78 is 42.7. The van der Waals surface area contributed by atoms with Gasteiger partial charge in [0.05, 0.1) is 50.9 Å². The van der Waals surface area contributed by atoms with Gasteiger partial charge in [0, 0.05) is 24.2 Å². The van der Waals surface area contributed by atoms with Gasteiger partial charge in [0.15, 0.2) is 0 Å². The van der Waals surface area contributed by atoms with Gasteiger partial charge in [0.2, 0.25) is 10.0 Å². The number of rotatable bonds is 12. The van der Waals surface area contributed by atoms with E-state index < -0.39 is 10.0 Å². The summed E-state index contributed by atoms with van der Waals surface area (Å²) in [6, 6.07) is 19.5. The predicted molar refractivity (Wildman–Crippen MR) is 140 cm³/mol. The molecule has 0 aliphatic carbocycles. The SMILES string of the molecule is COc1cc(N(Cc2ccc(C(=O)NCCOCc3ccccc3)cc2)S(C)(=O)=O)c(OC)cc1Cl. The van der Waals surface area contributed by atoms with Gasteiger partial charge in [-0.1, -0.05) is 54.1 Å². The summed E-state index contributed by atoms with van der Waals surface area (Å²) in [4.78, 5) is 12.5. The van der Waals surface area contributed by atoms with Gasteiger partial charge in [-0.15, -0.1) is 0 Å². The Morgan fingerprint density at radius 3 is 2.22 bits per heavy atom. The molecular formula is C26H29ClN2O6S. The van der Waals surface area contributed by atoms with Gasteiger partial charge in [-0.2, -0.15) is 0 Å². The fraction of sp³-hybridized carbons (Fsp3) is 0.269. The van der Waals surface area contributed by atoms with Crippen LogP contribution in [-0.4, -0.2) is 48.0 Å². The molecule has 36 heavy (non-hydrogen) atoms. The molecule has 0 saturated heterocycles. The molecule has 3 rings (SSSR count). The lowest BCUT2D eigenvalue weighted by Gasteiger charge is -2.25. The minimum atomic E-state index is -3.69. The molecule has 0 spiro atoms. The second-order valence-electron chi connectivity index (χ2n) is 7.92. The van der Waals surface area contributed by atoms with Crippen molar-refractivity contribution in [1.29, 1.82) is 0 Å². The second-order valence-corrected chi connectivity index (χ2v) is 10.2. The highest BCUT2D eigenvalue weighted by molar-refractivity contribution is 7.92. The maximum Gasteiger partial charge on any atom is 0.251 e. The van der Waals surface area contributed by atoms with E-state index in [1.54, 1.807) is 24.3 Å². The Balaban J connectivity index is 1.64. The number of sulfonamides is 1. The summed E-state index contributed by atoms with van der Waals surface area (Å²) in [7, 11) is -0.811. The largest absolute Gasteiger partial charge is 0.495 e. The number of anilines is 1. The van der Waals surface area contributed by atoms with E-state index in [0.717, 1.165) is 11.8 Å². The van der Waals surface area contributed by atoms with Crippen molar-refractivity contribution in [2.24, 2.45) is 0 Å². The molecule has 0 fully saturated rings. The lowest BCUT2D eigenvalue weighted by Crippen LogP contribution is -2.30. The van der Waals surface area contributed by atoms with Crippen LogP contribution in [0.5, 0.6) is 11.5 Å². The molecule has 0 heterocycles. The van der Waals surface area contributed by atoms with Crippen molar-refractivity contribution in [2.75, 3.05) is 37.9 Å². The zero-order chi connectivity index (χ0) is 26.1. The molecule has 1 amide bonds. The van der Waals surface area contributed by atoms with Crippen LogP contribution < -0.4 is 19.1 Å². The van der Waals surface area contributed by atoms with Crippen LogP contribution in [-0.2, 0) is 27.9 Å². The zero-order valence-electron chi connectivity index (χ0n) is 20.4. The van der Waals surface area contributed by atoms with Crippen molar-refractivity contribution >= 4 is 33.2 Å². The molecule has 0 radical (unpaired) electrons. The van der Waals surface area contributed by atoms with E-state index in [4.69, 9.17) is 25.8 Å². The lowest BCUT2D eigenvalue weighted by molar-refractivity contribution is 0.0901. The monoisotopic (exact) mass is 532 g/mol. The summed E-state index contributed by atoms with van der Waals surface area (Å²) in [5.74, 6) is 0.367. The van der Waals surface area contributed by atoms with Gasteiger partial charge < -0.3 is 19.5 Å². The first-order chi connectivity index (χ1) is 17.2. The van der Waals surface area contributed by atoms with Crippen molar-refractivity contribution in [3.05, 3.63) is 88.4 Å². The Morgan fingerprint density at radius 2 is 1.61 bits per heavy atom. The number of hydrogen-bond acceptors (Lipinski definition) is 6. The first kappa shape index (κ1) is 27.3. The maximum atomic E-state index is 12.6. The summed E-state index contributed by atoms with van der Waals surface area (Å²) in [6.07, 6.45) is 1.11. The van der Waals surface area contributed by atoms with Crippen LogP contribution in [0.25, 0.3) is 0 Å². The standard InChI is InChI=1S/C26H29ClN2O6S/c1-33-24-16-23(25(34-2)15-22(24)27)29(36(3,31)32)17-19-9-11-21(12-10-19)26(30)28-13-14-35-18-20-7-5-4-6-8-20/h4-12,15-16H,13-14,17-18H2,1-3H3,(H,28,30). The van der Waals surface area contributed by atoms with E-state index >= 15 is 0 Å². The Kier molecular flexibility index (Phi) is 9.58. The number of methoxy groups -OCH3 is 2. The van der Waals surface area contributed by atoms with Crippen LogP contribution in [0.2, 0.25) is 5.02 Å². The topological polar surface area (TPSA) is 94.2 Å². The van der Waals surface area contributed by atoms with Crippen LogP contribution in [0.15, 0.2) is 66.7 Å². The van der Waals surface area contributed by atoms with Gasteiger partial charge in [0.25, 0.3) is 5.91 Å². The summed E-state index contributed by atoms with van der Waals surface area (Å²) in [5.41, 5.74) is 2.49. The quantitative estimate of drug-likeness (QED) is 0.350. The molecule has 0 unspecified atom stereocenters. The molecular weight excluding hydrogens is 504 g/mol. The summed E-state index contributed by atoms with van der Waals surface area (Å²) >= 11 is 6.17. The highest BCUT2D eigenvalue weighted by Gasteiger charge is 2.24. The second kappa shape index (κ2) is 12.6. The highest BCUT2D eigenvalue weighted by Crippen LogP contribution is 2.39. The highest BCUT2D eigenvalue weighted by atomic mass is 35.5. The van der Waals surface area contributed by atoms with Crippen molar-refractivity contribution in [2.45, 2.75) is 13.2 Å². The number of carbonyl (C=O) groups is 1. The number of nitrogens with one attached hydrogen (secondary N) is 1. The first-order valence-corrected chi connectivity index (χ1v) is 13.3. The van der Waals surface area contributed by atoms with Gasteiger partial charge in [-0.25, -0.2) is 8.42 Å². The van der Waals surface area contributed by atoms with Crippen LogP contribution in [0.4, 0.5) is 5.69 Å². The molecule has 192 valence electrons. The molecule has 8 nitrogen and oxygen atoms in total. The van der Waals surface area contributed by atoms with Gasteiger partial charge >= 0.3 is 0 Å². The third-order valence-electron chi connectivity index (χ3n) is 5.31. The normalized spacial score (nSPS) is 11.1. The van der Waals surface area contributed by atoms with Crippen molar-refractivity contribution in [3.63, 3.8) is 0 Å². The molecule has 3 aromatic rings. The van der Waals surface area contributed by atoms with E-state index in [-0.39, 0.29) is 18.2 Å². The smallest absolute Gasteiger partial charge is 0.251 e. The van der Waals surface area contributed by atoms with Crippen LogP contribution in [0, 0.1) is 0 Å². The third-order valence-corrected chi connectivity index (χ3v) is 6.73.